The second kappa shape index (κ2) is 10.8. The van der Waals surface area contributed by atoms with E-state index in [9.17, 15) is 14.0 Å². The lowest BCUT2D eigenvalue weighted by molar-refractivity contribution is -0.119. The lowest BCUT2D eigenvalue weighted by Crippen LogP contribution is -2.33. The number of hydrogen-bond donors (Lipinski definition) is 4. The molecule has 0 aromatic heterocycles. The summed E-state index contributed by atoms with van der Waals surface area (Å²) in [6, 6.07) is 12.2. The molecule has 2 amide bonds. The number of nitrogens with one attached hydrogen (secondary N) is 2. The SMILES string of the molecule is CC(=O)NCC1CN(c2ccc(-c3ccc(CN(C)C/C(=C/N)NN)cc3)c(F)c2)C(=O)O1. The van der Waals surface area contributed by atoms with Crippen molar-refractivity contribution >= 4 is 17.7 Å². The van der Waals surface area contributed by atoms with Gasteiger partial charge in [0.1, 0.15) is 11.9 Å². The summed E-state index contributed by atoms with van der Waals surface area (Å²) < 4.78 is 20.2. The summed E-state index contributed by atoms with van der Waals surface area (Å²) >= 11 is 0. The fourth-order valence-electron chi connectivity index (χ4n) is 3.60. The molecule has 1 fully saturated rings. The van der Waals surface area contributed by atoms with Crippen LogP contribution in [0.3, 0.4) is 0 Å². The molecule has 0 radical (unpaired) electrons. The minimum Gasteiger partial charge on any atom is -0.442 e. The van der Waals surface area contributed by atoms with Crippen LogP contribution in [0.15, 0.2) is 54.4 Å². The van der Waals surface area contributed by atoms with Crippen molar-refractivity contribution in [2.45, 2.75) is 19.6 Å². The van der Waals surface area contributed by atoms with Gasteiger partial charge in [-0.1, -0.05) is 24.3 Å². The predicted octanol–water partition coefficient (Wildman–Crippen LogP) is 1.65. The second-order valence-corrected chi connectivity index (χ2v) is 7.92. The van der Waals surface area contributed by atoms with Gasteiger partial charge < -0.3 is 21.2 Å². The van der Waals surface area contributed by atoms with E-state index in [1.807, 2.05) is 36.2 Å². The maximum atomic E-state index is 14.9. The number of rotatable bonds is 9. The molecule has 0 saturated carbocycles. The zero-order chi connectivity index (χ0) is 24.0. The molecule has 0 bridgehead atoms. The minimum absolute atomic E-state index is 0.206. The second-order valence-electron chi connectivity index (χ2n) is 7.92. The molecule has 1 heterocycles. The first-order chi connectivity index (χ1) is 15.8. The van der Waals surface area contributed by atoms with E-state index in [-0.39, 0.29) is 19.0 Å². The highest BCUT2D eigenvalue weighted by molar-refractivity contribution is 5.90. The van der Waals surface area contributed by atoms with Crippen LogP contribution >= 0.6 is 0 Å². The molecule has 10 heteroatoms. The van der Waals surface area contributed by atoms with Crippen molar-refractivity contribution in [3.8, 4) is 11.1 Å². The van der Waals surface area contributed by atoms with Gasteiger partial charge >= 0.3 is 6.09 Å². The first kappa shape index (κ1) is 24.0. The molecule has 1 atom stereocenters. The van der Waals surface area contributed by atoms with Crippen LogP contribution in [-0.4, -0.2) is 49.7 Å². The molecule has 6 N–H and O–H groups in total. The molecule has 2 aromatic rings. The number of carbonyl (C=O) groups excluding carboxylic acids is 2. The number of carbonyl (C=O) groups is 2. The molecule has 1 aliphatic heterocycles. The number of anilines is 1. The normalized spacial score (nSPS) is 16.2. The average Bonchev–Trinajstić information content (AvgIpc) is 3.17. The van der Waals surface area contributed by atoms with Crippen molar-refractivity contribution in [1.82, 2.24) is 15.6 Å². The number of hydrogen-bond acceptors (Lipinski definition) is 7. The largest absolute Gasteiger partial charge is 0.442 e. The van der Waals surface area contributed by atoms with Gasteiger partial charge in [-0.25, -0.2) is 9.18 Å². The number of amides is 2. The van der Waals surface area contributed by atoms with Crippen molar-refractivity contribution in [2.24, 2.45) is 11.6 Å². The Hall–Kier alpha value is -3.63. The molecule has 176 valence electrons. The molecular formula is C23H29FN6O3. The van der Waals surface area contributed by atoms with Gasteiger partial charge in [0.2, 0.25) is 5.91 Å². The molecule has 1 unspecified atom stereocenters. The third kappa shape index (κ3) is 6.21. The van der Waals surface area contributed by atoms with Crippen LogP contribution in [0.4, 0.5) is 14.9 Å². The smallest absolute Gasteiger partial charge is 0.414 e. The molecule has 0 aliphatic carbocycles. The van der Waals surface area contributed by atoms with Crippen LogP contribution in [0, 0.1) is 5.82 Å². The zero-order valence-electron chi connectivity index (χ0n) is 18.7. The highest BCUT2D eigenvalue weighted by Gasteiger charge is 2.32. The summed E-state index contributed by atoms with van der Waals surface area (Å²) in [4.78, 5) is 26.6. The summed E-state index contributed by atoms with van der Waals surface area (Å²) in [5.74, 6) is 4.76. The van der Waals surface area contributed by atoms with Crippen LogP contribution in [0.2, 0.25) is 0 Å². The Kier molecular flexibility index (Phi) is 7.86. The van der Waals surface area contributed by atoms with Crippen molar-refractivity contribution in [3.63, 3.8) is 0 Å². The molecular weight excluding hydrogens is 427 g/mol. The Labute approximate surface area is 192 Å². The number of nitrogens with two attached hydrogens (primary N) is 2. The van der Waals surface area contributed by atoms with E-state index in [4.69, 9.17) is 16.3 Å². The van der Waals surface area contributed by atoms with E-state index in [0.29, 0.717) is 30.0 Å². The summed E-state index contributed by atoms with van der Waals surface area (Å²) in [5, 5.41) is 2.62. The quantitative estimate of drug-likeness (QED) is 0.334. The number of likely N-dealkylation sites (N-methyl/N-ethyl adjacent to an activating group) is 1. The van der Waals surface area contributed by atoms with E-state index in [1.54, 1.807) is 12.1 Å². The lowest BCUT2D eigenvalue weighted by Gasteiger charge is -2.18. The highest BCUT2D eigenvalue weighted by atomic mass is 19.1. The maximum absolute atomic E-state index is 14.9. The van der Waals surface area contributed by atoms with Crippen LogP contribution in [0.1, 0.15) is 12.5 Å². The van der Waals surface area contributed by atoms with Gasteiger partial charge in [-0.15, -0.1) is 0 Å². The minimum atomic E-state index is -0.566. The van der Waals surface area contributed by atoms with Crippen LogP contribution in [0.25, 0.3) is 11.1 Å². The Morgan fingerprint density at radius 2 is 2.03 bits per heavy atom. The van der Waals surface area contributed by atoms with Crippen LogP contribution < -0.4 is 27.2 Å². The number of halogens is 1. The molecule has 33 heavy (non-hydrogen) atoms. The third-order valence-corrected chi connectivity index (χ3v) is 5.26. The van der Waals surface area contributed by atoms with Gasteiger partial charge in [-0.05, 0) is 36.4 Å². The van der Waals surface area contributed by atoms with Crippen LogP contribution in [0.5, 0.6) is 0 Å². The fraction of sp³-hybridized carbons (Fsp3) is 0.304. The number of ether oxygens (including phenoxy) is 1. The molecule has 3 rings (SSSR count). The Morgan fingerprint density at radius 3 is 2.64 bits per heavy atom. The van der Waals surface area contributed by atoms with E-state index in [2.05, 4.69) is 10.7 Å². The lowest BCUT2D eigenvalue weighted by atomic mass is 10.0. The van der Waals surface area contributed by atoms with Crippen molar-refractivity contribution in [3.05, 3.63) is 65.7 Å². The topological polar surface area (TPSA) is 126 Å². The number of benzene rings is 2. The Balaban J connectivity index is 1.66. The fourth-order valence-corrected chi connectivity index (χ4v) is 3.60. The van der Waals surface area contributed by atoms with Gasteiger partial charge in [-0.2, -0.15) is 0 Å². The van der Waals surface area contributed by atoms with E-state index in [0.717, 1.165) is 11.1 Å². The Bertz CT molecular complexity index is 1030. The third-order valence-electron chi connectivity index (χ3n) is 5.26. The number of nitrogens with zero attached hydrogens (tertiary/aromatic N) is 2. The van der Waals surface area contributed by atoms with E-state index < -0.39 is 18.0 Å². The predicted molar refractivity (Wildman–Crippen MR) is 124 cm³/mol. The standard InChI is InChI=1S/C23H29FN6O3/c1-15(31)27-11-20-14-30(23(32)33-20)19-7-8-21(22(24)9-19)17-5-3-16(4-6-17)12-29(2)13-18(10-25)28-26/h3-10,20,28H,11-14,25-26H2,1-2H3,(H,27,31)/b18-10-. The number of cyclic esters (lactones) is 1. The molecule has 0 spiro atoms. The van der Waals surface area contributed by atoms with Crippen molar-refractivity contribution in [1.29, 1.82) is 0 Å². The van der Waals surface area contributed by atoms with E-state index >= 15 is 0 Å². The van der Waals surface area contributed by atoms with Gasteiger partial charge in [-0.3, -0.25) is 20.4 Å². The molecule has 1 saturated heterocycles. The first-order valence-corrected chi connectivity index (χ1v) is 10.5. The molecule has 1 aliphatic rings. The maximum Gasteiger partial charge on any atom is 0.414 e. The van der Waals surface area contributed by atoms with Gasteiger partial charge in [0.05, 0.1) is 24.5 Å². The Morgan fingerprint density at radius 1 is 1.30 bits per heavy atom. The van der Waals surface area contributed by atoms with Crippen molar-refractivity contribution < 1.29 is 18.7 Å². The summed E-state index contributed by atoms with van der Waals surface area (Å²) in [5.41, 5.74) is 11.4. The highest BCUT2D eigenvalue weighted by Crippen LogP contribution is 2.29. The van der Waals surface area contributed by atoms with E-state index in [1.165, 1.54) is 24.1 Å². The molecule has 2 aromatic carbocycles. The zero-order valence-corrected chi connectivity index (χ0v) is 18.7. The number of hydrazine groups is 1. The van der Waals surface area contributed by atoms with Gasteiger partial charge in [0.25, 0.3) is 0 Å². The summed E-state index contributed by atoms with van der Waals surface area (Å²) in [6.45, 7) is 3.07. The van der Waals surface area contributed by atoms with Crippen LogP contribution in [-0.2, 0) is 16.1 Å². The molecule has 9 nitrogen and oxygen atoms in total. The van der Waals surface area contributed by atoms with Gasteiger partial charge in [0, 0.05) is 31.8 Å². The monoisotopic (exact) mass is 456 g/mol. The van der Waals surface area contributed by atoms with Gasteiger partial charge in [0.15, 0.2) is 0 Å². The first-order valence-electron chi connectivity index (χ1n) is 10.5. The summed E-state index contributed by atoms with van der Waals surface area (Å²) in [7, 11) is 1.94. The van der Waals surface area contributed by atoms with Crippen molar-refractivity contribution in [2.75, 3.05) is 31.6 Å². The summed E-state index contributed by atoms with van der Waals surface area (Å²) in [6.07, 6.45) is 0.382. The average molecular weight is 457 g/mol.